The predicted octanol–water partition coefficient (Wildman–Crippen LogP) is 0.755. The molecule has 1 aliphatic rings. The van der Waals surface area contributed by atoms with Crippen LogP contribution in [0.2, 0.25) is 0 Å². The number of quaternary nitrogens is 1. The SMILES string of the molecule is CN1C(=O)N(CCC[N+](C)(C)C)C(=O)C1(C)C. The Balaban J connectivity index is 2.62. The number of carbonyl (C=O) groups is 2. The number of amides is 3. The van der Waals surface area contributed by atoms with E-state index >= 15 is 0 Å². The van der Waals surface area contributed by atoms with Crippen molar-refractivity contribution >= 4 is 11.9 Å². The van der Waals surface area contributed by atoms with Gasteiger partial charge in [-0.2, -0.15) is 0 Å². The van der Waals surface area contributed by atoms with Gasteiger partial charge in [-0.05, 0) is 13.8 Å². The highest BCUT2D eigenvalue weighted by Crippen LogP contribution is 2.25. The fourth-order valence-electron chi connectivity index (χ4n) is 1.88. The second kappa shape index (κ2) is 4.29. The van der Waals surface area contributed by atoms with Crippen molar-refractivity contribution in [1.82, 2.24) is 9.80 Å². The fourth-order valence-corrected chi connectivity index (χ4v) is 1.88. The summed E-state index contributed by atoms with van der Waals surface area (Å²) in [5.74, 6) is -0.0913. The summed E-state index contributed by atoms with van der Waals surface area (Å²) in [4.78, 5) is 26.9. The third kappa shape index (κ3) is 2.77. The van der Waals surface area contributed by atoms with Gasteiger partial charge in [0, 0.05) is 20.0 Å². The maximum Gasteiger partial charge on any atom is 0.327 e. The van der Waals surface area contributed by atoms with Gasteiger partial charge in [0.2, 0.25) is 0 Å². The zero-order valence-electron chi connectivity index (χ0n) is 11.8. The first-order chi connectivity index (χ1) is 7.57. The minimum Gasteiger partial charge on any atom is -0.331 e. The van der Waals surface area contributed by atoms with Crippen molar-refractivity contribution in [3.63, 3.8) is 0 Å². The Morgan fingerprint density at radius 3 is 2.06 bits per heavy atom. The maximum absolute atomic E-state index is 12.1. The second-order valence-electron chi connectivity index (χ2n) is 6.22. The number of imide groups is 1. The summed E-state index contributed by atoms with van der Waals surface area (Å²) in [5.41, 5.74) is -0.701. The van der Waals surface area contributed by atoms with Crippen LogP contribution in [-0.2, 0) is 4.79 Å². The average molecular weight is 242 g/mol. The number of carbonyl (C=O) groups excluding carboxylic acids is 2. The molecule has 1 saturated heterocycles. The van der Waals surface area contributed by atoms with Crippen LogP contribution in [0.5, 0.6) is 0 Å². The molecule has 0 N–H and O–H groups in total. The molecule has 1 heterocycles. The smallest absolute Gasteiger partial charge is 0.327 e. The molecule has 0 atom stereocenters. The molecule has 3 amide bonds. The molecule has 0 aliphatic carbocycles. The van der Waals surface area contributed by atoms with E-state index < -0.39 is 5.54 Å². The number of urea groups is 1. The Kier molecular flexibility index (Phi) is 3.52. The lowest BCUT2D eigenvalue weighted by Crippen LogP contribution is -2.42. The lowest BCUT2D eigenvalue weighted by atomic mass is 10.1. The standard InChI is InChI=1S/C12H24N3O2/c1-12(2)10(16)14(11(17)13(12)3)8-7-9-15(4,5)6/h7-9H2,1-6H3/q+1. The Hall–Kier alpha value is -1.10. The highest BCUT2D eigenvalue weighted by molar-refractivity contribution is 6.06. The van der Waals surface area contributed by atoms with Gasteiger partial charge in [-0.25, -0.2) is 4.79 Å². The van der Waals surface area contributed by atoms with Gasteiger partial charge in [0.1, 0.15) is 5.54 Å². The van der Waals surface area contributed by atoms with Crippen LogP contribution < -0.4 is 0 Å². The minimum absolute atomic E-state index is 0.0913. The van der Waals surface area contributed by atoms with Crippen LogP contribution in [0.3, 0.4) is 0 Å². The first-order valence-corrected chi connectivity index (χ1v) is 5.97. The molecule has 98 valence electrons. The average Bonchev–Trinajstić information content (AvgIpc) is 2.31. The molecular formula is C12H24N3O2+. The molecule has 0 unspecified atom stereocenters. The maximum atomic E-state index is 12.1. The monoisotopic (exact) mass is 242 g/mol. The van der Waals surface area contributed by atoms with Crippen molar-refractivity contribution in [2.75, 3.05) is 41.3 Å². The molecule has 0 radical (unpaired) electrons. The summed E-state index contributed by atoms with van der Waals surface area (Å²) >= 11 is 0. The highest BCUT2D eigenvalue weighted by Gasteiger charge is 2.48. The van der Waals surface area contributed by atoms with Crippen molar-refractivity contribution in [2.24, 2.45) is 0 Å². The first kappa shape index (κ1) is 14.0. The molecule has 5 nitrogen and oxygen atoms in total. The van der Waals surface area contributed by atoms with Crippen LogP contribution in [0.25, 0.3) is 0 Å². The van der Waals surface area contributed by atoms with Gasteiger partial charge in [0.25, 0.3) is 5.91 Å². The lowest BCUT2D eigenvalue weighted by molar-refractivity contribution is -0.870. The largest absolute Gasteiger partial charge is 0.331 e. The number of rotatable bonds is 4. The molecule has 1 fully saturated rings. The Labute approximate surface area is 104 Å². The van der Waals surface area contributed by atoms with Gasteiger partial charge < -0.3 is 9.38 Å². The number of hydrogen-bond acceptors (Lipinski definition) is 2. The van der Waals surface area contributed by atoms with Crippen molar-refractivity contribution in [3.05, 3.63) is 0 Å². The minimum atomic E-state index is -0.701. The molecule has 0 aromatic rings. The molecule has 0 aromatic heterocycles. The van der Waals surface area contributed by atoms with Gasteiger partial charge in [0.15, 0.2) is 0 Å². The van der Waals surface area contributed by atoms with E-state index in [4.69, 9.17) is 0 Å². The normalized spacial score (nSPS) is 20.4. The van der Waals surface area contributed by atoms with E-state index in [1.165, 1.54) is 9.80 Å². The Morgan fingerprint density at radius 1 is 1.18 bits per heavy atom. The number of hydrogen-bond donors (Lipinski definition) is 0. The number of nitrogens with zero attached hydrogens (tertiary/aromatic N) is 3. The number of likely N-dealkylation sites (N-methyl/N-ethyl adjacent to an activating group) is 1. The third-order valence-electron chi connectivity index (χ3n) is 3.34. The second-order valence-corrected chi connectivity index (χ2v) is 6.22. The van der Waals surface area contributed by atoms with E-state index in [9.17, 15) is 9.59 Å². The summed E-state index contributed by atoms with van der Waals surface area (Å²) < 4.78 is 0.843. The summed E-state index contributed by atoms with van der Waals surface area (Å²) in [7, 11) is 7.98. The summed E-state index contributed by atoms with van der Waals surface area (Å²) in [6, 6.07) is -0.179. The van der Waals surface area contributed by atoms with E-state index in [1.807, 2.05) is 0 Å². The molecule has 0 aromatic carbocycles. The molecule has 0 bridgehead atoms. The molecule has 17 heavy (non-hydrogen) atoms. The summed E-state index contributed by atoms with van der Waals surface area (Å²) in [6.07, 6.45) is 0.838. The third-order valence-corrected chi connectivity index (χ3v) is 3.34. The van der Waals surface area contributed by atoms with Crippen molar-refractivity contribution in [2.45, 2.75) is 25.8 Å². The van der Waals surface area contributed by atoms with Crippen LogP contribution in [-0.4, -0.2) is 73.0 Å². The predicted molar refractivity (Wildman–Crippen MR) is 66.5 cm³/mol. The van der Waals surface area contributed by atoms with E-state index in [2.05, 4.69) is 21.1 Å². The van der Waals surface area contributed by atoms with Crippen LogP contribution in [0.15, 0.2) is 0 Å². The summed E-state index contributed by atoms with van der Waals surface area (Å²) in [5, 5.41) is 0. The van der Waals surface area contributed by atoms with Gasteiger partial charge in [-0.3, -0.25) is 9.69 Å². The van der Waals surface area contributed by atoms with E-state index in [-0.39, 0.29) is 11.9 Å². The van der Waals surface area contributed by atoms with Crippen molar-refractivity contribution < 1.29 is 14.1 Å². The molecule has 1 rings (SSSR count). The molecule has 0 spiro atoms. The molecule has 1 aliphatic heterocycles. The van der Waals surface area contributed by atoms with Gasteiger partial charge in [0.05, 0.1) is 27.7 Å². The zero-order chi connectivity index (χ0) is 13.4. The summed E-state index contributed by atoms with van der Waals surface area (Å²) in [6.45, 7) is 5.03. The molecule has 0 saturated carbocycles. The van der Waals surface area contributed by atoms with E-state index in [0.29, 0.717) is 6.54 Å². The fraction of sp³-hybridized carbons (Fsp3) is 0.833. The van der Waals surface area contributed by atoms with Crippen molar-refractivity contribution in [3.8, 4) is 0 Å². The molecular weight excluding hydrogens is 218 g/mol. The first-order valence-electron chi connectivity index (χ1n) is 5.97. The van der Waals surface area contributed by atoms with Gasteiger partial charge >= 0.3 is 6.03 Å². The zero-order valence-corrected chi connectivity index (χ0v) is 11.8. The van der Waals surface area contributed by atoms with E-state index in [1.54, 1.807) is 20.9 Å². The van der Waals surface area contributed by atoms with Crippen LogP contribution >= 0.6 is 0 Å². The lowest BCUT2D eigenvalue weighted by Gasteiger charge is -2.24. The topological polar surface area (TPSA) is 40.6 Å². The quantitative estimate of drug-likeness (QED) is 0.539. The van der Waals surface area contributed by atoms with Crippen LogP contribution in [0, 0.1) is 0 Å². The van der Waals surface area contributed by atoms with Gasteiger partial charge in [-0.1, -0.05) is 0 Å². The van der Waals surface area contributed by atoms with Crippen LogP contribution in [0.1, 0.15) is 20.3 Å². The van der Waals surface area contributed by atoms with Crippen LogP contribution in [0.4, 0.5) is 4.79 Å². The van der Waals surface area contributed by atoms with Crippen molar-refractivity contribution in [1.29, 1.82) is 0 Å². The highest BCUT2D eigenvalue weighted by atomic mass is 16.2. The van der Waals surface area contributed by atoms with E-state index in [0.717, 1.165) is 17.4 Å². The Bertz CT molecular complexity index is 331. The van der Waals surface area contributed by atoms with Gasteiger partial charge in [-0.15, -0.1) is 0 Å². The Morgan fingerprint density at radius 2 is 1.71 bits per heavy atom. The molecule has 5 heteroatoms.